The van der Waals surface area contributed by atoms with Crippen LogP contribution in [0.5, 0.6) is 5.75 Å². The summed E-state index contributed by atoms with van der Waals surface area (Å²) in [5.74, 6) is 6.54. The number of aromatic nitrogens is 1. The SMILES string of the molecule is CCc1cccnc1C(Cc1cc(Cl)ccc1OC)NN. The van der Waals surface area contributed by atoms with Crippen molar-refractivity contribution in [3.8, 4) is 5.75 Å². The van der Waals surface area contributed by atoms with Gasteiger partial charge < -0.3 is 4.74 Å². The maximum Gasteiger partial charge on any atom is 0.122 e. The smallest absolute Gasteiger partial charge is 0.122 e. The highest BCUT2D eigenvalue weighted by atomic mass is 35.5. The first-order valence-electron chi connectivity index (χ1n) is 6.92. The number of benzene rings is 1. The second-order valence-corrected chi connectivity index (χ2v) is 5.22. The standard InChI is InChI=1S/C16H20ClN3O/c1-3-11-5-4-8-19-16(11)14(20-18)10-12-9-13(17)6-7-15(12)21-2/h4-9,14,20H,3,10,18H2,1-2H3. The van der Waals surface area contributed by atoms with Gasteiger partial charge in [0.15, 0.2) is 0 Å². The zero-order valence-electron chi connectivity index (χ0n) is 12.3. The molecule has 1 heterocycles. The molecule has 0 aliphatic rings. The molecule has 0 bridgehead atoms. The molecule has 1 unspecified atom stereocenters. The van der Waals surface area contributed by atoms with E-state index in [2.05, 4.69) is 23.4 Å². The Kier molecular flexibility index (Phi) is 5.56. The summed E-state index contributed by atoms with van der Waals surface area (Å²) in [6.45, 7) is 2.11. The lowest BCUT2D eigenvalue weighted by Gasteiger charge is -2.19. The van der Waals surface area contributed by atoms with Gasteiger partial charge in [-0.05, 0) is 48.2 Å². The topological polar surface area (TPSA) is 60.2 Å². The van der Waals surface area contributed by atoms with E-state index in [0.717, 1.165) is 23.4 Å². The minimum absolute atomic E-state index is 0.0893. The maximum absolute atomic E-state index is 6.08. The van der Waals surface area contributed by atoms with E-state index in [0.29, 0.717) is 11.4 Å². The fourth-order valence-electron chi connectivity index (χ4n) is 2.42. The predicted octanol–water partition coefficient (Wildman–Crippen LogP) is 3.05. The highest BCUT2D eigenvalue weighted by molar-refractivity contribution is 6.30. The Morgan fingerprint density at radius 1 is 1.33 bits per heavy atom. The summed E-state index contributed by atoms with van der Waals surface area (Å²) in [4.78, 5) is 4.48. The van der Waals surface area contributed by atoms with E-state index in [-0.39, 0.29) is 6.04 Å². The van der Waals surface area contributed by atoms with Gasteiger partial charge >= 0.3 is 0 Å². The lowest BCUT2D eigenvalue weighted by molar-refractivity contribution is 0.405. The maximum atomic E-state index is 6.08. The van der Waals surface area contributed by atoms with E-state index in [4.69, 9.17) is 22.2 Å². The third kappa shape index (κ3) is 3.73. The van der Waals surface area contributed by atoms with Gasteiger partial charge in [0.25, 0.3) is 0 Å². The first kappa shape index (κ1) is 15.8. The van der Waals surface area contributed by atoms with Crippen molar-refractivity contribution in [2.75, 3.05) is 7.11 Å². The molecule has 2 aromatic rings. The summed E-state index contributed by atoms with van der Waals surface area (Å²) >= 11 is 6.08. The highest BCUT2D eigenvalue weighted by Crippen LogP contribution is 2.28. The summed E-state index contributed by atoms with van der Waals surface area (Å²) in [7, 11) is 1.65. The van der Waals surface area contributed by atoms with E-state index < -0.39 is 0 Å². The number of halogens is 1. The molecule has 0 spiro atoms. The number of hydrazine groups is 1. The van der Waals surface area contributed by atoms with E-state index in [9.17, 15) is 0 Å². The molecular formula is C16H20ClN3O. The van der Waals surface area contributed by atoms with Crippen LogP contribution in [0.1, 0.15) is 29.8 Å². The van der Waals surface area contributed by atoms with E-state index in [1.807, 2.05) is 24.3 Å². The van der Waals surface area contributed by atoms with Crippen LogP contribution in [0.3, 0.4) is 0 Å². The molecule has 1 atom stereocenters. The molecular weight excluding hydrogens is 286 g/mol. The number of nitrogens with two attached hydrogens (primary N) is 1. The van der Waals surface area contributed by atoms with Crippen LogP contribution in [-0.2, 0) is 12.8 Å². The van der Waals surface area contributed by atoms with Crippen molar-refractivity contribution in [2.45, 2.75) is 25.8 Å². The first-order chi connectivity index (χ1) is 10.2. The normalized spacial score (nSPS) is 12.2. The first-order valence-corrected chi connectivity index (χ1v) is 7.29. The minimum atomic E-state index is -0.0893. The predicted molar refractivity (Wildman–Crippen MR) is 85.4 cm³/mol. The van der Waals surface area contributed by atoms with Gasteiger partial charge in [-0.1, -0.05) is 24.6 Å². The second kappa shape index (κ2) is 7.41. The molecule has 21 heavy (non-hydrogen) atoms. The van der Waals surface area contributed by atoms with E-state index in [1.54, 1.807) is 13.3 Å². The lowest BCUT2D eigenvalue weighted by Crippen LogP contribution is -2.31. The quantitative estimate of drug-likeness (QED) is 0.636. The van der Waals surface area contributed by atoms with Crippen molar-refractivity contribution < 1.29 is 4.74 Å². The Morgan fingerprint density at radius 3 is 2.81 bits per heavy atom. The van der Waals surface area contributed by atoms with Crippen molar-refractivity contribution in [2.24, 2.45) is 5.84 Å². The van der Waals surface area contributed by atoms with Crippen molar-refractivity contribution >= 4 is 11.6 Å². The molecule has 5 heteroatoms. The van der Waals surface area contributed by atoms with Crippen molar-refractivity contribution in [1.82, 2.24) is 10.4 Å². The number of methoxy groups -OCH3 is 1. The molecule has 3 N–H and O–H groups in total. The summed E-state index contributed by atoms with van der Waals surface area (Å²) in [5, 5.41) is 0.679. The Morgan fingerprint density at radius 2 is 2.14 bits per heavy atom. The number of pyridine rings is 1. The van der Waals surface area contributed by atoms with Crippen LogP contribution in [0.2, 0.25) is 5.02 Å². The molecule has 1 aromatic carbocycles. The van der Waals surface area contributed by atoms with Crippen molar-refractivity contribution in [3.63, 3.8) is 0 Å². The lowest BCUT2D eigenvalue weighted by atomic mass is 9.98. The third-order valence-corrected chi connectivity index (χ3v) is 3.74. The third-order valence-electron chi connectivity index (χ3n) is 3.50. The number of hydrogen-bond acceptors (Lipinski definition) is 4. The van der Waals surface area contributed by atoms with Gasteiger partial charge in [0.2, 0.25) is 0 Å². The Balaban J connectivity index is 2.33. The Hall–Kier alpha value is -1.62. The van der Waals surface area contributed by atoms with Gasteiger partial charge in [-0.2, -0.15) is 0 Å². The van der Waals surface area contributed by atoms with Crippen LogP contribution in [-0.4, -0.2) is 12.1 Å². The van der Waals surface area contributed by atoms with Crippen LogP contribution in [0.4, 0.5) is 0 Å². The van der Waals surface area contributed by atoms with Crippen molar-refractivity contribution in [1.29, 1.82) is 0 Å². The molecule has 0 saturated heterocycles. The van der Waals surface area contributed by atoms with Gasteiger partial charge in [-0.15, -0.1) is 0 Å². The molecule has 2 rings (SSSR count). The summed E-state index contributed by atoms with van der Waals surface area (Å²) in [6.07, 6.45) is 3.35. The monoisotopic (exact) mass is 305 g/mol. The summed E-state index contributed by atoms with van der Waals surface area (Å²) in [5.41, 5.74) is 6.00. The second-order valence-electron chi connectivity index (χ2n) is 4.78. The number of hydrogen-bond donors (Lipinski definition) is 2. The molecule has 0 amide bonds. The van der Waals surface area contributed by atoms with Crippen LogP contribution < -0.4 is 16.0 Å². The largest absolute Gasteiger partial charge is 0.496 e. The number of nitrogens with zero attached hydrogens (tertiary/aromatic N) is 1. The molecule has 0 aliphatic carbocycles. The zero-order valence-corrected chi connectivity index (χ0v) is 13.0. The van der Waals surface area contributed by atoms with E-state index in [1.165, 1.54) is 5.56 Å². The average molecular weight is 306 g/mol. The fraction of sp³-hybridized carbons (Fsp3) is 0.312. The zero-order chi connectivity index (χ0) is 15.2. The minimum Gasteiger partial charge on any atom is -0.496 e. The molecule has 112 valence electrons. The number of nitrogens with one attached hydrogen (secondary N) is 1. The molecule has 0 radical (unpaired) electrons. The van der Waals surface area contributed by atoms with E-state index >= 15 is 0 Å². The Bertz CT molecular complexity index is 604. The van der Waals surface area contributed by atoms with Gasteiger partial charge in [0, 0.05) is 11.2 Å². The number of ether oxygens (including phenoxy) is 1. The molecule has 4 nitrogen and oxygen atoms in total. The Labute approximate surface area is 130 Å². The summed E-state index contributed by atoms with van der Waals surface area (Å²) in [6, 6.07) is 9.50. The van der Waals surface area contributed by atoms with Crippen LogP contribution in [0, 0.1) is 0 Å². The van der Waals surface area contributed by atoms with Gasteiger partial charge in [-0.25, -0.2) is 0 Å². The van der Waals surface area contributed by atoms with Gasteiger partial charge in [-0.3, -0.25) is 16.3 Å². The van der Waals surface area contributed by atoms with Crippen LogP contribution >= 0.6 is 11.6 Å². The average Bonchev–Trinajstić information content (AvgIpc) is 2.52. The van der Waals surface area contributed by atoms with Crippen LogP contribution in [0.25, 0.3) is 0 Å². The number of aryl methyl sites for hydroxylation is 1. The molecule has 0 saturated carbocycles. The highest BCUT2D eigenvalue weighted by Gasteiger charge is 2.17. The van der Waals surface area contributed by atoms with Crippen molar-refractivity contribution in [3.05, 3.63) is 58.4 Å². The summed E-state index contributed by atoms with van der Waals surface area (Å²) < 4.78 is 5.39. The number of rotatable bonds is 6. The fourth-order valence-corrected chi connectivity index (χ4v) is 2.62. The van der Waals surface area contributed by atoms with Crippen LogP contribution in [0.15, 0.2) is 36.5 Å². The van der Waals surface area contributed by atoms with Gasteiger partial charge in [0.1, 0.15) is 5.75 Å². The molecule has 1 aromatic heterocycles. The molecule has 0 aliphatic heterocycles. The van der Waals surface area contributed by atoms with Gasteiger partial charge in [0.05, 0.1) is 18.8 Å². The molecule has 0 fully saturated rings.